The van der Waals surface area contributed by atoms with Gasteiger partial charge in [-0.3, -0.25) is 4.79 Å². The maximum absolute atomic E-state index is 12.0. The minimum atomic E-state index is -0.255. The Morgan fingerprint density at radius 3 is 2.68 bits per heavy atom. The zero-order valence-electron chi connectivity index (χ0n) is 16.7. The summed E-state index contributed by atoms with van der Waals surface area (Å²) < 4.78 is 1.75. The standard InChI is InChI=1S/C20H24ClN5OS/c1-12-16(10-14-7-6-8-15(21)9-14)13(2)26-18(22-12)23-19(25-26)28-11-17(27)24-20(3,4)5/h6-9H,10-11H2,1-5H3,(H,24,27). The topological polar surface area (TPSA) is 72.2 Å². The van der Waals surface area contributed by atoms with Gasteiger partial charge in [0, 0.05) is 28.4 Å². The van der Waals surface area contributed by atoms with Crippen LogP contribution in [0.2, 0.25) is 5.02 Å². The smallest absolute Gasteiger partial charge is 0.253 e. The molecule has 0 spiro atoms. The van der Waals surface area contributed by atoms with Crippen molar-refractivity contribution >= 4 is 35.0 Å². The SMILES string of the molecule is Cc1nc2nc(SCC(=O)NC(C)(C)C)nn2c(C)c1Cc1cccc(Cl)c1. The lowest BCUT2D eigenvalue weighted by Crippen LogP contribution is -2.41. The molecule has 2 heterocycles. The molecule has 0 bridgehead atoms. The Morgan fingerprint density at radius 2 is 2.00 bits per heavy atom. The number of amides is 1. The van der Waals surface area contributed by atoms with E-state index in [0.717, 1.165) is 34.0 Å². The third-order valence-electron chi connectivity index (χ3n) is 4.15. The van der Waals surface area contributed by atoms with Gasteiger partial charge in [-0.15, -0.1) is 5.10 Å². The second-order valence-electron chi connectivity index (χ2n) is 7.76. The summed E-state index contributed by atoms with van der Waals surface area (Å²) >= 11 is 7.42. The number of thioether (sulfide) groups is 1. The van der Waals surface area contributed by atoms with Gasteiger partial charge in [0.2, 0.25) is 11.1 Å². The van der Waals surface area contributed by atoms with Crippen molar-refractivity contribution in [1.82, 2.24) is 24.9 Å². The molecule has 0 saturated carbocycles. The van der Waals surface area contributed by atoms with E-state index in [1.54, 1.807) is 4.52 Å². The van der Waals surface area contributed by atoms with Crippen molar-refractivity contribution in [2.24, 2.45) is 0 Å². The van der Waals surface area contributed by atoms with E-state index in [1.165, 1.54) is 11.8 Å². The molecule has 0 aliphatic rings. The van der Waals surface area contributed by atoms with Crippen LogP contribution < -0.4 is 5.32 Å². The number of hydrogen-bond donors (Lipinski definition) is 1. The number of nitrogens with zero attached hydrogens (tertiary/aromatic N) is 4. The highest BCUT2D eigenvalue weighted by Gasteiger charge is 2.17. The van der Waals surface area contributed by atoms with E-state index < -0.39 is 0 Å². The number of carbonyl (C=O) groups is 1. The van der Waals surface area contributed by atoms with Gasteiger partial charge in [-0.25, -0.2) is 9.50 Å². The van der Waals surface area contributed by atoms with Gasteiger partial charge in [-0.2, -0.15) is 4.98 Å². The predicted octanol–water partition coefficient (Wildman–Crippen LogP) is 3.99. The molecule has 28 heavy (non-hydrogen) atoms. The lowest BCUT2D eigenvalue weighted by atomic mass is 10.0. The van der Waals surface area contributed by atoms with E-state index in [2.05, 4.69) is 20.4 Å². The van der Waals surface area contributed by atoms with Crippen molar-refractivity contribution in [1.29, 1.82) is 0 Å². The summed E-state index contributed by atoms with van der Waals surface area (Å²) in [5, 5.41) is 8.74. The average Bonchev–Trinajstić information content (AvgIpc) is 2.98. The second kappa shape index (κ2) is 8.09. The molecule has 3 rings (SSSR count). The molecule has 8 heteroatoms. The third-order valence-corrected chi connectivity index (χ3v) is 5.22. The van der Waals surface area contributed by atoms with Crippen LogP contribution in [0.25, 0.3) is 5.78 Å². The fourth-order valence-corrected chi connectivity index (χ4v) is 3.77. The van der Waals surface area contributed by atoms with E-state index in [-0.39, 0.29) is 17.2 Å². The van der Waals surface area contributed by atoms with Crippen LogP contribution in [-0.4, -0.2) is 36.8 Å². The molecule has 3 aromatic rings. The molecule has 148 valence electrons. The number of hydrogen-bond acceptors (Lipinski definition) is 5. The van der Waals surface area contributed by atoms with E-state index >= 15 is 0 Å². The number of halogens is 1. The zero-order valence-corrected chi connectivity index (χ0v) is 18.3. The van der Waals surface area contributed by atoms with Crippen LogP contribution in [0.3, 0.4) is 0 Å². The summed E-state index contributed by atoms with van der Waals surface area (Å²) in [6.45, 7) is 9.85. The Morgan fingerprint density at radius 1 is 1.25 bits per heavy atom. The molecule has 1 aromatic carbocycles. The second-order valence-corrected chi connectivity index (χ2v) is 9.14. The van der Waals surface area contributed by atoms with Crippen molar-refractivity contribution < 1.29 is 4.79 Å². The normalized spacial score (nSPS) is 11.8. The first-order chi connectivity index (χ1) is 13.1. The van der Waals surface area contributed by atoms with Crippen molar-refractivity contribution in [2.45, 2.75) is 51.7 Å². The summed E-state index contributed by atoms with van der Waals surface area (Å²) in [7, 11) is 0. The molecule has 1 amide bonds. The molecule has 2 aromatic heterocycles. The van der Waals surface area contributed by atoms with E-state index in [0.29, 0.717) is 10.9 Å². The number of benzene rings is 1. The molecule has 0 unspecified atom stereocenters. The molecule has 1 N–H and O–H groups in total. The lowest BCUT2D eigenvalue weighted by Gasteiger charge is -2.19. The third kappa shape index (κ3) is 5.02. The quantitative estimate of drug-likeness (QED) is 0.635. The molecule has 0 aliphatic carbocycles. The molecule has 0 radical (unpaired) electrons. The number of fused-ring (bicyclic) bond motifs is 1. The van der Waals surface area contributed by atoms with Crippen LogP contribution in [0.4, 0.5) is 0 Å². The molecular formula is C20H24ClN5OS. The average molecular weight is 418 g/mol. The number of nitrogens with one attached hydrogen (secondary N) is 1. The van der Waals surface area contributed by atoms with Gasteiger partial charge in [0.15, 0.2) is 0 Å². The first kappa shape index (κ1) is 20.6. The van der Waals surface area contributed by atoms with Gasteiger partial charge in [0.05, 0.1) is 5.75 Å². The Hall–Kier alpha value is -2.12. The predicted molar refractivity (Wildman–Crippen MR) is 113 cm³/mol. The van der Waals surface area contributed by atoms with Crippen molar-refractivity contribution in [3.63, 3.8) is 0 Å². The summed E-state index contributed by atoms with van der Waals surface area (Å²) in [6.07, 6.45) is 0.720. The number of aromatic nitrogens is 4. The fourth-order valence-electron chi connectivity index (χ4n) is 2.94. The monoisotopic (exact) mass is 417 g/mol. The highest BCUT2D eigenvalue weighted by Crippen LogP contribution is 2.22. The van der Waals surface area contributed by atoms with Crippen LogP contribution in [0, 0.1) is 13.8 Å². The molecule has 0 atom stereocenters. The van der Waals surface area contributed by atoms with Gasteiger partial charge in [0.25, 0.3) is 5.78 Å². The molecule has 0 saturated heterocycles. The van der Waals surface area contributed by atoms with Crippen LogP contribution in [-0.2, 0) is 11.2 Å². The summed E-state index contributed by atoms with van der Waals surface area (Å²) in [5.41, 5.74) is 3.87. The molecular weight excluding hydrogens is 394 g/mol. The number of aryl methyl sites for hydroxylation is 2. The Labute approximate surface area is 174 Å². The summed E-state index contributed by atoms with van der Waals surface area (Å²) in [4.78, 5) is 21.1. The molecule has 0 fully saturated rings. The van der Waals surface area contributed by atoms with Crippen molar-refractivity contribution in [3.05, 3.63) is 51.8 Å². The van der Waals surface area contributed by atoms with Crippen LogP contribution in [0.15, 0.2) is 29.4 Å². The zero-order chi connectivity index (χ0) is 20.5. The van der Waals surface area contributed by atoms with Crippen LogP contribution in [0.5, 0.6) is 0 Å². The Kier molecular flexibility index (Phi) is 5.95. The highest BCUT2D eigenvalue weighted by molar-refractivity contribution is 7.99. The fraction of sp³-hybridized carbons (Fsp3) is 0.400. The van der Waals surface area contributed by atoms with Gasteiger partial charge < -0.3 is 5.32 Å². The van der Waals surface area contributed by atoms with Crippen molar-refractivity contribution in [3.8, 4) is 0 Å². The largest absolute Gasteiger partial charge is 0.351 e. The first-order valence-corrected chi connectivity index (χ1v) is 10.4. The maximum Gasteiger partial charge on any atom is 0.253 e. The summed E-state index contributed by atoms with van der Waals surface area (Å²) in [5.74, 6) is 0.768. The lowest BCUT2D eigenvalue weighted by molar-refractivity contribution is -0.119. The Balaban J connectivity index is 1.82. The maximum atomic E-state index is 12.0. The number of rotatable bonds is 5. The van der Waals surface area contributed by atoms with E-state index in [4.69, 9.17) is 11.6 Å². The summed E-state index contributed by atoms with van der Waals surface area (Å²) in [6, 6.07) is 7.82. The van der Waals surface area contributed by atoms with Gasteiger partial charge in [0.1, 0.15) is 0 Å². The van der Waals surface area contributed by atoms with E-state index in [1.807, 2.05) is 58.9 Å². The van der Waals surface area contributed by atoms with Crippen LogP contribution in [0.1, 0.15) is 43.3 Å². The van der Waals surface area contributed by atoms with Crippen molar-refractivity contribution in [2.75, 3.05) is 5.75 Å². The minimum Gasteiger partial charge on any atom is -0.351 e. The Bertz CT molecular complexity index is 1030. The van der Waals surface area contributed by atoms with Gasteiger partial charge in [-0.05, 0) is 57.9 Å². The molecule has 0 aliphatic heterocycles. The van der Waals surface area contributed by atoms with Gasteiger partial charge >= 0.3 is 0 Å². The van der Waals surface area contributed by atoms with E-state index in [9.17, 15) is 4.79 Å². The first-order valence-electron chi connectivity index (χ1n) is 9.03. The molecule has 6 nitrogen and oxygen atoms in total. The van der Waals surface area contributed by atoms with Crippen LogP contribution >= 0.6 is 23.4 Å². The number of carbonyl (C=O) groups excluding carboxylic acids is 1. The highest BCUT2D eigenvalue weighted by atomic mass is 35.5. The van der Waals surface area contributed by atoms with Gasteiger partial charge in [-0.1, -0.05) is 35.5 Å². The minimum absolute atomic E-state index is 0.0427.